The third-order valence-electron chi connectivity index (χ3n) is 1.18. The quantitative estimate of drug-likeness (QED) is 0.589. The van der Waals surface area contributed by atoms with Gasteiger partial charge in [0.05, 0.1) is 0 Å². The molecule has 0 radical (unpaired) electrons. The number of carbonyl (C=O) groups excluding carboxylic acids is 1. The van der Waals surface area contributed by atoms with Crippen LogP contribution in [-0.4, -0.2) is 15.9 Å². The van der Waals surface area contributed by atoms with Crippen molar-refractivity contribution in [1.82, 2.24) is 9.97 Å². The van der Waals surface area contributed by atoms with Gasteiger partial charge in [0.2, 0.25) is 5.28 Å². The third kappa shape index (κ3) is 2.74. The van der Waals surface area contributed by atoms with Gasteiger partial charge in [-0.05, 0) is 11.6 Å². The van der Waals surface area contributed by atoms with Gasteiger partial charge in [-0.2, -0.15) is 0 Å². The summed E-state index contributed by atoms with van der Waals surface area (Å²) >= 11 is 5.39. The summed E-state index contributed by atoms with van der Waals surface area (Å²) in [6, 6.07) is 0. The molecule has 0 unspecified atom stereocenters. The van der Waals surface area contributed by atoms with E-state index in [-0.39, 0.29) is 22.5 Å². The molecule has 0 saturated carbocycles. The second-order valence-electron chi connectivity index (χ2n) is 2.00. The zero-order chi connectivity index (χ0) is 11.3. The number of nitrogens with zero attached hydrogens (tertiary/aromatic N) is 2. The second-order valence-corrected chi connectivity index (χ2v) is 2.34. The van der Waals surface area contributed by atoms with Gasteiger partial charge in [-0.25, -0.2) is 9.97 Å². The molecule has 14 heavy (non-hydrogen) atoms. The highest BCUT2D eigenvalue weighted by Crippen LogP contribution is 2.16. The molecule has 0 aliphatic carbocycles. The Morgan fingerprint density at radius 2 is 1.57 bits per heavy atom. The lowest BCUT2D eigenvalue weighted by atomic mass is 10.3. The number of amides is 1. The van der Waals surface area contributed by atoms with E-state index >= 15 is 0 Å². The van der Waals surface area contributed by atoms with Crippen LogP contribution in [0.5, 0.6) is 0 Å². The molecule has 1 rings (SSSR count). The summed E-state index contributed by atoms with van der Waals surface area (Å²) in [7, 11) is 0. The standard InChI is InChI=1S/C5H6ClN5O.C2H6/c6-5-10-2(7)1(4(9)12)3(8)11-5;1-2/h(H2,9,12)(H4,7,8,10,11);1-2H3. The molecule has 1 amide bonds. The van der Waals surface area contributed by atoms with E-state index in [0.717, 1.165) is 0 Å². The highest BCUT2D eigenvalue weighted by molar-refractivity contribution is 6.28. The van der Waals surface area contributed by atoms with Crippen LogP contribution in [-0.2, 0) is 0 Å². The van der Waals surface area contributed by atoms with Crippen molar-refractivity contribution in [2.45, 2.75) is 13.8 Å². The van der Waals surface area contributed by atoms with Crippen LogP contribution < -0.4 is 17.2 Å². The Morgan fingerprint density at radius 1 is 1.21 bits per heavy atom. The number of rotatable bonds is 1. The highest BCUT2D eigenvalue weighted by Gasteiger charge is 2.13. The molecule has 0 aliphatic heterocycles. The van der Waals surface area contributed by atoms with Crippen LogP contribution in [0, 0.1) is 0 Å². The Labute approximate surface area is 86.5 Å². The summed E-state index contributed by atoms with van der Waals surface area (Å²) in [5.41, 5.74) is 15.5. The van der Waals surface area contributed by atoms with Gasteiger partial charge in [-0.3, -0.25) is 4.79 Å². The van der Waals surface area contributed by atoms with E-state index in [2.05, 4.69) is 9.97 Å². The summed E-state index contributed by atoms with van der Waals surface area (Å²) < 4.78 is 0. The van der Waals surface area contributed by atoms with Gasteiger partial charge in [0.15, 0.2) is 0 Å². The molecule has 0 atom stereocenters. The summed E-state index contributed by atoms with van der Waals surface area (Å²) in [5, 5.41) is -0.116. The normalized spacial score (nSPS) is 8.79. The van der Waals surface area contributed by atoms with E-state index in [1.54, 1.807) is 0 Å². The minimum Gasteiger partial charge on any atom is -0.383 e. The van der Waals surface area contributed by atoms with Crippen molar-refractivity contribution in [3.63, 3.8) is 0 Å². The van der Waals surface area contributed by atoms with Crippen LogP contribution in [0.2, 0.25) is 5.28 Å². The van der Waals surface area contributed by atoms with Gasteiger partial charge >= 0.3 is 0 Å². The first-order valence-electron chi connectivity index (χ1n) is 3.90. The van der Waals surface area contributed by atoms with Crippen molar-refractivity contribution in [2.24, 2.45) is 5.73 Å². The molecule has 78 valence electrons. The van der Waals surface area contributed by atoms with Gasteiger partial charge in [0.25, 0.3) is 5.91 Å². The molecule has 1 heterocycles. The maximum atomic E-state index is 10.7. The average molecular weight is 218 g/mol. The molecule has 0 fully saturated rings. The molecule has 0 bridgehead atoms. The Bertz CT molecular complexity index is 318. The van der Waals surface area contributed by atoms with Crippen LogP contribution in [0.25, 0.3) is 0 Å². The molecular formula is C7H12ClN5O. The van der Waals surface area contributed by atoms with Crippen LogP contribution in [0.4, 0.5) is 11.6 Å². The Balaban J connectivity index is 0.000000791. The Morgan fingerprint density at radius 3 is 1.86 bits per heavy atom. The topological polar surface area (TPSA) is 121 Å². The molecule has 0 aliphatic rings. The number of hydrogen-bond acceptors (Lipinski definition) is 5. The van der Waals surface area contributed by atoms with E-state index in [1.807, 2.05) is 13.8 Å². The van der Waals surface area contributed by atoms with Crippen molar-refractivity contribution in [2.75, 3.05) is 11.5 Å². The van der Waals surface area contributed by atoms with Gasteiger partial charge in [-0.1, -0.05) is 13.8 Å². The Hall–Kier alpha value is -1.56. The van der Waals surface area contributed by atoms with E-state index in [9.17, 15) is 4.79 Å². The number of carbonyl (C=O) groups is 1. The maximum Gasteiger partial charge on any atom is 0.256 e. The molecule has 0 saturated heterocycles. The largest absolute Gasteiger partial charge is 0.383 e. The first-order chi connectivity index (χ1) is 6.52. The van der Waals surface area contributed by atoms with E-state index in [0.29, 0.717) is 0 Å². The minimum atomic E-state index is -0.776. The van der Waals surface area contributed by atoms with E-state index in [4.69, 9.17) is 28.8 Å². The number of halogens is 1. The van der Waals surface area contributed by atoms with Gasteiger partial charge in [0, 0.05) is 0 Å². The van der Waals surface area contributed by atoms with Crippen molar-refractivity contribution < 1.29 is 4.79 Å². The van der Waals surface area contributed by atoms with Crippen molar-refractivity contribution in [1.29, 1.82) is 0 Å². The van der Waals surface area contributed by atoms with E-state index < -0.39 is 5.91 Å². The lowest BCUT2D eigenvalue weighted by Gasteiger charge is -2.02. The number of aromatic nitrogens is 2. The predicted molar refractivity (Wildman–Crippen MR) is 55.7 cm³/mol. The van der Waals surface area contributed by atoms with Crippen molar-refractivity contribution in [3.8, 4) is 0 Å². The smallest absolute Gasteiger partial charge is 0.256 e. The lowest BCUT2D eigenvalue weighted by Crippen LogP contribution is -2.18. The third-order valence-corrected chi connectivity index (χ3v) is 1.35. The molecule has 0 aromatic carbocycles. The van der Waals surface area contributed by atoms with Crippen molar-refractivity contribution >= 4 is 29.1 Å². The SMILES string of the molecule is CC.NC(=O)c1c(N)nc(Cl)nc1N. The zero-order valence-corrected chi connectivity index (χ0v) is 8.67. The Kier molecular flexibility index (Phi) is 4.65. The number of nitrogens with two attached hydrogens (primary N) is 3. The number of anilines is 2. The van der Waals surface area contributed by atoms with Gasteiger partial charge < -0.3 is 17.2 Å². The zero-order valence-electron chi connectivity index (χ0n) is 7.91. The maximum absolute atomic E-state index is 10.7. The molecule has 0 spiro atoms. The summed E-state index contributed by atoms with van der Waals surface area (Å²) in [5.74, 6) is -0.998. The first-order valence-corrected chi connectivity index (χ1v) is 4.28. The fourth-order valence-corrected chi connectivity index (χ4v) is 0.901. The molecule has 6 nitrogen and oxygen atoms in total. The summed E-state index contributed by atoms with van der Waals surface area (Å²) in [6.45, 7) is 4.00. The average Bonchev–Trinajstić information content (AvgIpc) is 2.04. The molecular weight excluding hydrogens is 206 g/mol. The fraction of sp³-hybridized carbons (Fsp3) is 0.286. The predicted octanol–water partition coefficient (Wildman–Crippen LogP) is 0.420. The number of nitrogen functional groups attached to an aromatic ring is 2. The second kappa shape index (κ2) is 5.23. The van der Waals surface area contributed by atoms with Crippen LogP contribution >= 0.6 is 11.6 Å². The fourth-order valence-electron chi connectivity index (χ4n) is 0.719. The first kappa shape index (κ1) is 12.4. The summed E-state index contributed by atoms with van der Waals surface area (Å²) in [6.07, 6.45) is 0. The highest BCUT2D eigenvalue weighted by atomic mass is 35.5. The van der Waals surface area contributed by atoms with Crippen LogP contribution in [0.3, 0.4) is 0 Å². The number of hydrogen-bond donors (Lipinski definition) is 3. The molecule has 6 N–H and O–H groups in total. The minimum absolute atomic E-state index is 0.0978. The van der Waals surface area contributed by atoms with E-state index in [1.165, 1.54) is 0 Å². The number of primary amides is 1. The van der Waals surface area contributed by atoms with Gasteiger partial charge in [0.1, 0.15) is 17.2 Å². The monoisotopic (exact) mass is 217 g/mol. The van der Waals surface area contributed by atoms with Gasteiger partial charge in [-0.15, -0.1) is 0 Å². The lowest BCUT2D eigenvalue weighted by molar-refractivity contribution is 0.100. The van der Waals surface area contributed by atoms with Crippen LogP contribution in [0.1, 0.15) is 24.2 Å². The molecule has 1 aromatic rings. The molecule has 1 aromatic heterocycles. The van der Waals surface area contributed by atoms with Crippen LogP contribution in [0.15, 0.2) is 0 Å². The van der Waals surface area contributed by atoms with Crippen molar-refractivity contribution in [3.05, 3.63) is 10.8 Å². The summed E-state index contributed by atoms with van der Waals surface area (Å²) in [4.78, 5) is 17.7. The molecule has 7 heteroatoms.